The van der Waals surface area contributed by atoms with Gasteiger partial charge in [-0.25, -0.2) is 4.79 Å². The minimum absolute atomic E-state index is 0.292. The fourth-order valence-electron chi connectivity index (χ4n) is 5.63. The zero-order valence-electron chi connectivity index (χ0n) is 20.0. The van der Waals surface area contributed by atoms with Crippen molar-refractivity contribution in [3.8, 4) is 0 Å². The molecule has 3 heterocycles. The summed E-state index contributed by atoms with van der Waals surface area (Å²) in [7, 11) is 2.05. The molecule has 2 fully saturated rings. The Labute approximate surface area is 204 Å². The predicted octanol–water partition coefficient (Wildman–Crippen LogP) is 2.51. The van der Waals surface area contributed by atoms with E-state index >= 15 is 0 Å². The number of aryl methyl sites for hydroxylation is 1. The SMILES string of the molecule is Cn1cc(CN2CCC3(CC2)C(=O)N(CC(N)=O)C(=O)N3CCc2ccccc2)c2ccccc21. The van der Waals surface area contributed by atoms with Gasteiger partial charge in [0.1, 0.15) is 12.1 Å². The number of imide groups is 1. The maximum atomic E-state index is 13.5. The molecule has 0 radical (unpaired) electrons. The summed E-state index contributed by atoms with van der Waals surface area (Å²) in [5.74, 6) is -0.973. The molecule has 0 saturated carbocycles. The van der Waals surface area contributed by atoms with Crippen molar-refractivity contribution in [3.05, 3.63) is 71.9 Å². The number of urea groups is 1. The van der Waals surface area contributed by atoms with Crippen LogP contribution in [0.4, 0.5) is 4.79 Å². The molecule has 2 aliphatic rings. The number of amides is 4. The second kappa shape index (κ2) is 9.19. The first-order chi connectivity index (χ1) is 16.9. The number of carbonyl (C=O) groups is 3. The fourth-order valence-corrected chi connectivity index (χ4v) is 5.63. The van der Waals surface area contributed by atoms with Gasteiger partial charge in [0.2, 0.25) is 5.91 Å². The first-order valence-corrected chi connectivity index (χ1v) is 12.1. The number of carbonyl (C=O) groups excluding carboxylic acids is 3. The molecule has 182 valence electrons. The van der Waals surface area contributed by atoms with Gasteiger partial charge < -0.3 is 15.2 Å². The highest BCUT2D eigenvalue weighted by molar-refractivity contribution is 6.09. The van der Waals surface area contributed by atoms with Crippen LogP contribution in [-0.2, 0) is 29.6 Å². The lowest BCUT2D eigenvalue weighted by Gasteiger charge is -2.42. The third-order valence-corrected chi connectivity index (χ3v) is 7.46. The normalized spacial score (nSPS) is 18.2. The first kappa shape index (κ1) is 23.1. The van der Waals surface area contributed by atoms with E-state index < -0.39 is 17.5 Å². The standard InChI is InChI=1S/C27H31N5O3/c1-29-17-21(22-9-5-6-10-23(22)29)18-30-15-12-27(13-16-30)25(34)31(19-24(28)33)26(35)32(27)14-11-20-7-3-2-4-8-20/h2-10,17H,11-16,18-19H2,1H3,(H2,28,33). The summed E-state index contributed by atoms with van der Waals surface area (Å²) in [4.78, 5) is 43.5. The second-order valence-electron chi connectivity index (χ2n) is 9.62. The summed E-state index contributed by atoms with van der Waals surface area (Å²) in [6.45, 7) is 2.21. The van der Waals surface area contributed by atoms with Crippen molar-refractivity contribution in [1.29, 1.82) is 0 Å². The van der Waals surface area contributed by atoms with Gasteiger partial charge >= 0.3 is 6.03 Å². The van der Waals surface area contributed by atoms with Crippen molar-refractivity contribution in [2.75, 3.05) is 26.2 Å². The third-order valence-electron chi connectivity index (χ3n) is 7.46. The van der Waals surface area contributed by atoms with E-state index in [1.165, 1.54) is 16.5 Å². The van der Waals surface area contributed by atoms with Crippen LogP contribution in [0.2, 0.25) is 0 Å². The highest BCUT2D eigenvalue weighted by Gasteiger charge is 2.57. The van der Waals surface area contributed by atoms with Gasteiger partial charge in [-0.2, -0.15) is 0 Å². The third kappa shape index (κ3) is 4.18. The molecule has 8 heteroatoms. The molecule has 8 nitrogen and oxygen atoms in total. The van der Waals surface area contributed by atoms with Crippen LogP contribution in [0.25, 0.3) is 10.9 Å². The molecular formula is C27H31N5O3. The number of likely N-dealkylation sites (tertiary alicyclic amines) is 1. The molecule has 2 aromatic carbocycles. The van der Waals surface area contributed by atoms with Crippen molar-refractivity contribution in [3.63, 3.8) is 0 Å². The molecule has 4 amide bonds. The summed E-state index contributed by atoms with van der Waals surface area (Å²) in [5, 5.41) is 1.24. The quantitative estimate of drug-likeness (QED) is 0.534. The van der Waals surface area contributed by atoms with Crippen molar-refractivity contribution < 1.29 is 14.4 Å². The van der Waals surface area contributed by atoms with Gasteiger partial charge in [-0.3, -0.25) is 19.4 Å². The van der Waals surface area contributed by atoms with Gasteiger partial charge in [-0.05, 0) is 36.5 Å². The van der Waals surface area contributed by atoms with Gasteiger partial charge in [0.15, 0.2) is 0 Å². The van der Waals surface area contributed by atoms with Crippen LogP contribution in [0.1, 0.15) is 24.0 Å². The molecule has 0 bridgehead atoms. The van der Waals surface area contributed by atoms with E-state index in [-0.39, 0.29) is 12.5 Å². The maximum Gasteiger partial charge on any atom is 0.328 e. The number of nitrogens with zero attached hydrogens (tertiary/aromatic N) is 4. The van der Waals surface area contributed by atoms with Crippen molar-refractivity contribution in [1.82, 2.24) is 19.3 Å². The van der Waals surface area contributed by atoms with E-state index in [4.69, 9.17) is 5.73 Å². The van der Waals surface area contributed by atoms with Gasteiger partial charge in [-0.1, -0.05) is 48.5 Å². The minimum atomic E-state index is -0.920. The molecule has 35 heavy (non-hydrogen) atoms. The Morgan fingerprint density at radius 1 is 1.00 bits per heavy atom. The summed E-state index contributed by atoms with van der Waals surface area (Å²) >= 11 is 0. The Bertz CT molecular complexity index is 1260. The Morgan fingerprint density at radius 3 is 2.40 bits per heavy atom. The smallest absolute Gasteiger partial charge is 0.328 e. The van der Waals surface area contributed by atoms with Gasteiger partial charge in [0.25, 0.3) is 5.91 Å². The van der Waals surface area contributed by atoms with Gasteiger partial charge in [-0.15, -0.1) is 0 Å². The summed E-state index contributed by atoms with van der Waals surface area (Å²) in [6.07, 6.45) is 3.88. The molecule has 1 aromatic heterocycles. The van der Waals surface area contributed by atoms with Crippen LogP contribution in [0, 0.1) is 0 Å². The molecule has 5 rings (SSSR count). The Hall–Kier alpha value is -3.65. The summed E-state index contributed by atoms with van der Waals surface area (Å²) in [5.41, 5.74) is 8.00. The number of para-hydroxylation sites is 1. The molecular weight excluding hydrogens is 442 g/mol. The summed E-state index contributed by atoms with van der Waals surface area (Å²) in [6, 6.07) is 17.9. The maximum absolute atomic E-state index is 13.5. The van der Waals surface area contributed by atoms with E-state index in [1.807, 2.05) is 36.4 Å². The number of aromatic nitrogens is 1. The molecule has 1 spiro atoms. The lowest BCUT2D eigenvalue weighted by molar-refractivity contribution is -0.137. The second-order valence-corrected chi connectivity index (χ2v) is 9.62. The minimum Gasteiger partial charge on any atom is -0.368 e. The summed E-state index contributed by atoms with van der Waals surface area (Å²) < 4.78 is 2.14. The zero-order valence-corrected chi connectivity index (χ0v) is 20.0. The fraction of sp³-hybridized carbons (Fsp3) is 0.370. The van der Waals surface area contributed by atoms with Crippen LogP contribution in [0.3, 0.4) is 0 Å². The van der Waals surface area contributed by atoms with Gasteiger partial charge in [0, 0.05) is 50.3 Å². The van der Waals surface area contributed by atoms with E-state index in [2.05, 4.69) is 40.9 Å². The number of rotatable bonds is 7. The Kier molecular flexibility index (Phi) is 6.06. The number of nitrogens with two attached hydrogens (primary N) is 1. The van der Waals surface area contributed by atoms with Gasteiger partial charge in [0.05, 0.1) is 0 Å². The predicted molar refractivity (Wildman–Crippen MR) is 133 cm³/mol. The van der Waals surface area contributed by atoms with Crippen LogP contribution in [0.15, 0.2) is 60.8 Å². The number of primary amides is 1. The lowest BCUT2D eigenvalue weighted by Crippen LogP contribution is -2.56. The molecule has 0 unspecified atom stereocenters. The van der Waals surface area contributed by atoms with Crippen LogP contribution < -0.4 is 5.73 Å². The van der Waals surface area contributed by atoms with Crippen LogP contribution in [0.5, 0.6) is 0 Å². The zero-order chi connectivity index (χ0) is 24.6. The van der Waals surface area contributed by atoms with E-state index in [0.717, 1.165) is 17.0 Å². The van der Waals surface area contributed by atoms with E-state index in [1.54, 1.807) is 4.90 Å². The number of piperidine rings is 1. The molecule has 2 aliphatic heterocycles. The molecule has 3 aromatic rings. The van der Waals surface area contributed by atoms with Crippen LogP contribution in [-0.4, -0.2) is 68.8 Å². The average Bonchev–Trinajstić information content (AvgIpc) is 3.27. The molecule has 0 atom stereocenters. The van der Waals surface area contributed by atoms with E-state index in [9.17, 15) is 14.4 Å². The number of hydrogen-bond acceptors (Lipinski definition) is 4. The number of benzene rings is 2. The topological polar surface area (TPSA) is 91.9 Å². The number of hydrogen-bond donors (Lipinski definition) is 1. The largest absolute Gasteiger partial charge is 0.368 e. The molecule has 2 N–H and O–H groups in total. The highest BCUT2D eigenvalue weighted by atomic mass is 16.2. The van der Waals surface area contributed by atoms with E-state index in [0.29, 0.717) is 38.9 Å². The molecule has 0 aliphatic carbocycles. The Morgan fingerprint density at radius 2 is 1.69 bits per heavy atom. The van der Waals surface area contributed by atoms with Crippen molar-refractivity contribution in [2.24, 2.45) is 12.8 Å². The van der Waals surface area contributed by atoms with Crippen molar-refractivity contribution in [2.45, 2.75) is 31.3 Å². The Balaban J connectivity index is 1.34. The van der Waals surface area contributed by atoms with Crippen LogP contribution >= 0.6 is 0 Å². The lowest BCUT2D eigenvalue weighted by atomic mass is 9.85. The first-order valence-electron chi connectivity index (χ1n) is 12.1. The average molecular weight is 474 g/mol. The van der Waals surface area contributed by atoms with Crippen molar-refractivity contribution >= 4 is 28.7 Å². The highest BCUT2D eigenvalue weighted by Crippen LogP contribution is 2.38. The monoisotopic (exact) mass is 473 g/mol. The number of fused-ring (bicyclic) bond motifs is 1. The molecule has 2 saturated heterocycles.